The van der Waals surface area contributed by atoms with Gasteiger partial charge >= 0.3 is 5.97 Å². The van der Waals surface area contributed by atoms with Crippen LogP contribution in [0.2, 0.25) is 0 Å². The summed E-state index contributed by atoms with van der Waals surface area (Å²) in [6.07, 6.45) is 1.89. The number of hydrogen-bond donors (Lipinski definition) is 3. The highest BCUT2D eigenvalue weighted by molar-refractivity contribution is 6.39. The highest BCUT2D eigenvalue weighted by atomic mass is 19.1. The number of pyridine rings is 1. The van der Waals surface area contributed by atoms with Crippen molar-refractivity contribution < 1.29 is 23.9 Å². The van der Waals surface area contributed by atoms with Crippen LogP contribution >= 0.6 is 0 Å². The number of halogens is 1. The van der Waals surface area contributed by atoms with E-state index < -0.39 is 18.1 Å². The third-order valence-electron chi connectivity index (χ3n) is 8.19. The number of ketones is 2. The third-order valence-corrected chi connectivity index (χ3v) is 8.19. The first-order chi connectivity index (χ1) is 20.8. The fourth-order valence-electron chi connectivity index (χ4n) is 5.69. The van der Waals surface area contributed by atoms with Crippen molar-refractivity contribution in [2.75, 3.05) is 11.9 Å². The van der Waals surface area contributed by atoms with Crippen molar-refractivity contribution in [2.45, 2.75) is 44.7 Å². The monoisotopic (exact) mass is 578 g/mol. The first-order valence-corrected chi connectivity index (χ1v) is 14.3. The summed E-state index contributed by atoms with van der Waals surface area (Å²) in [7, 11) is 0. The molecule has 0 spiro atoms. The lowest BCUT2D eigenvalue weighted by Crippen LogP contribution is -2.51. The Bertz CT molecular complexity index is 1750. The van der Waals surface area contributed by atoms with Gasteiger partial charge in [0.15, 0.2) is 0 Å². The minimum atomic E-state index is -0.966. The third kappa shape index (κ3) is 5.83. The van der Waals surface area contributed by atoms with Crippen LogP contribution in [0.3, 0.4) is 0 Å². The molecule has 2 aliphatic rings. The lowest BCUT2D eigenvalue weighted by atomic mass is 9.92. The molecule has 3 N–H and O–H groups in total. The van der Waals surface area contributed by atoms with E-state index in [1.807, 2.05) is 59.5 Å². The van der Waals surface area contributed by atoms with E-state index in [1.54, 1.807) is 19.1 Å². The predicted octanol–water partition coefficient (Wildman–Crippen LogP) is 5.61. The Morgan fingerprint density at radius 1 is 1.02 bits per heavy atom. The molecule has 1 aliphatic carbocycles. The molecule has 0 amide bonds. The lowest BCUT2D eigenvalue weighted by molar-refractivity contribution is -0.142. The predicted molar refractivity (Wildman–Crippen MR) is 162 cm³/mol. The number of nitrogens with one attached hydrogen (secondary N) is 2. The molecule has 43 heavy (non-hydrogen) atoms. The quantitative estimate of drug-likeness (QED) is 0.220. The van der Waals surface area contributed by atoms with Gasteiger partial charge in [0.25, 0.3) is 0 Å². The fraction of sp³-hybridized carbons (Fsp3) is 0.235. The van der Waals surface area contributed by atoms with Gasteiger partial charge in [-0.25, -0.2) is 14.2 Å². The van der Waals surface area contributed by atoms with Gasteiger partial charge in [0.1, 0.15) is 17.7 Å². The molecule has 3 aromatic carbocycles. The SMILES string of the molecule is CC1C(=O)C(=O)CCN1C1=C(N[C@@H](Cc2ccc(Nc3nc(-c4ccc(F)cc4)cc4ccccc34)cc2)C(=O)O)CC1. The standard InChI is InChI=1S/C34H31FN4O4/c1-20-32(41)31(40)16-17-39(20)30-15-14-27(30)37-29(34(42)43)18-21-6-12-25(13-7-21)36-33-26-5-3-2-4-23(26)19-28(38-33)22-8-10-24(35)11-9-22/h2-13,19-20,29,37H,14-18H2,1H3,(H,36,38)(H,42,43)/t20?,29-/m0/s1. The van der Waals surface area contributed by atoms with E-state index in [2.05, 4.69) is 10.6 Å². The van der Waals surface area contributed by atoms with E-state index >= 15 is 0 Å². The second-order valence-corrected chi connectivity index (χ2v) is 11.0. The van der Waals surface area contributed by atoms with Crippen molar-refractivity contribution in [1.82, 2.24) is 15.2 Å². The maximum Gasteiger partial charge on any atom is 0.326 e. The number of hydrogen-bond acceptors (Lipinski definition) is 7. The van der Waals surface area contributed by atoms with Gasteiger partial charge in [-0.1, -0.05) is 36.4 Å². The van der Waals surface area contributed by atoms with Crippen LogP contribution in [-0.2, 0) is 20.8 Å². The van der Waals surface area contributed by atoms with Crippen LogP contribution in [0.4, 0.5) is 15.9 Å². The number of benzene rings is 3. The van der Waals surface area contributed by atoms with Crippen molar-refractivity contribution in [2.24, 2.45) is 0 Å². The summed E-state index contributed by atoms with van der Waals surface area (Å²) in [5.74, 6) is -1.35. The number of carboxylic acids is 1. The Labute approximate surface area is 248 Å². The molecule has 218 valence electrons. The van der Waals surface area contributed by atoms with Crippen LogP contribution in [0.1, 0.15) is 31.7 Å². The van der Waals surface area contributed by atoms with Gasteiger partial charge in [-0.05, 0) is 73.2 Å². The zero-order valence-electron chi connectivity index (χ0n) is 23.6. The van der Waals surface area contributed by atoms with Crippen molar-refractivity contribution in [1.29, 1.82) is 0 Å². The van der Waals surface area contributed by atoms with Gasteiger partial charge in [0.05, 0.1) is 11.7 Å². The smallest absolute Gasteiger partial charge is 0.326 e. The van der Waals surface area contributed by atoms with Crippen LogP contribution in [-0.4, -0.2) is 51.2 Å². The Morgan fingerprint density at radius 3 is 2.47 bits per heavy atom. The normalized spacial score (nSPS) is 17.5. The minimum absolute atomic E-state index is 0.185. The summed E-state index contributed by atoms with van der Waals surface area (Å²) in [6, 6.07) is 22.3. The largest absolute Gasteiger partial charge is 0.480 e. The summed E-state index contributed by atoms with van der Waals surface area (Å²) in [4.78, 5) is 42.9. The molecule has 0 bridgehead atoms. The average molecular weight is 579 g/mol. The van der Waals surface area contributed by atoms with Gasteiger partial charge in [-0.15, -0.1) is 0 Å². The molecular weight excluding hydrogens is 547 g/mol. The molecule has 0 radical (unpaired) electrons. The first kappa shape index (κ1) is 28.1. The number of aliphatic carboxylic acids is 1. The van der Waals surface area contributed by atoms with Crippen LogP contribution in [0.5, 0.6) is 0 Å². The first-order valence-electron chi connectivity index (χ1n) is 14.3. The summed E-state index contributed by atoms with van der Waals surface area (Å²) in [5, 5.41) is 18.5. The Balaban J connectivity index is 1.18. The topological polar surface area (TPSA) is 112 Å². The van der Waals surface area contributed by atoms with Crippen LogP contribution < -0.4 is 10.6 Å². The van der Waals surface area contributed by atoms with E-state index in [0.717, 1.165) is 45.4 Å². The maximum absolute atomic E-state index is 13.5. The molecule has 4 aromatic rings. The second-order valence-electron chi connectivity index (χ2n) is 11.0. The van der Waals surface area contributed by atoms with Crippen molar-refractivity contribution >= 4 is 39.8 Å². The summed E-state index contributed by atoms with van der Waals surface area (Å²) in [5.41, 5.74) is 4.89. The molecule has 8 nitrogen and oxygen atoms in total. The Kier molecular flexibility index (Phi) is 7.63. The molecule has 1 aliphatic heterocycles. The number of anilines is 2. The number of allylic oxidation sites excluding steroid dienone is 2. The van der Waals surface area contributed by atoms with Crippen molar-refractivity contribution in [3.63, 3.8) is 0 Å². The number of aromatic nitrogens is 1. The number of carbonyl (C=O) groups excluding carboxylic acids is 2. The molecule has 1 unspecified atom stereocenters. The minimum Gasteiger partial charge on any atom is -0.480 e. The zero-order chi connectivity index (χ0) is 30.1. The summed E-state index contributed by atoms with van der Waals surface area (Å²) >= 11 is 0. The number of carboxylic acid groups (broad SMARTS) is 1. The van der Waals surface area contributed by atoms with Crippen molar-refractivity contribution in [3.05, 3.63) is 102 Å². The molecule has 6 rings (SSSR count). The second kappa shape index (κ2) is 11.7. The highest BCUT2D eigenvalue weighted by Crippen LogP contribution is 2.33. The molecular formula is C34H31FN4O4. The summed E-state index contributed by atoms with van der Waals surface area (Å²) < 4.78 is 13.5. The number of nitrogens with zero attached hydrogens (tertiary/aromatic N) is 2. The van der Waals surface area contributed by atoms with Crippen LogP contribution in [0.15, 0.2) is 90.3 Å². The maximum atomic E-state index is 13.5. The van der Waals surface area contributed by atoms with Gasteiger partial charge in [0.2, 0.25) is 11.6 Å². The zero-order valence-corrected chi connectivity index (χ0v) is 23.6. The lowest BCUT2D eigenvalue weighted by Gasteiger charge is -2.41. The number of fused-ring (bicyclic) bond motifs is 1. The molecule has 1 fully saturated rings. The molecule has 1 saturated heterocycles. The number of carbonyl (C=O) groups is 3. The van der Waals surface area contributed by atoms with E-state index in [9.17, 15) is 23.9 Å². The molecule has 2 atom stereocenters. The molecule has 9 heteroatoms. The fourth-order valence-corrected chi connectivity index (χ4v) is 5.69. The molecule has 2 heterocycles. The van der Waals surface area contributed by atoms with Crippen LogP contribution in [0, 0.1) is 5.82 Å². The van der Waals surface area contributed by atoms with Crippen LogP contribution in [0.25, 0.3) is 22.0 Å². The molecule has 0 saturated carbocycles. The number of piperidine rings is 1. The molecule has 1 aromatic heterocycles. The van der Waals surface area contributed by atoms with E-state index in [4.69, 9.17) is 4.98 Å². The number of likely N-dealkylation sites (tertiary alicyclic amines) is 1. The van der Waals surface area contributed by atoms with Gasteiger partial charge in [-0.3, -0.25) is 9.59 Å². The van der Waals surface area contributed by atoms with Gasteiger partial charge < -0.3 is 20.6 Å². The van der Waals surface area contributed by atoms with Gasteiger partial charge in [-0.2, -0.15) is 0 Å². The Hall–Kier alpha value is -5.05. The number of rotatable bonds is 9. The average Bonchev–Trinajstić information content (AvgIpc) is 3.00. The van der Waals surface area contributed by atoms with E-state index in [0.29, 0.717) is 24.5 Å². The van der Waals surface area contributed by atoms with E-state index in [-0.39, 0.29) is 30.2 Å². The highest BCUT2D eigenvalue weighted by Gasteiger charge is 2.37. The van der Waals surface area contributed by atoms with Crippen molar-refractivity contribution in [3.8, 4) is 11.3 Å². The number of Topliss-reactive ketones (excluding diaryl/α,β-unsaturated/α-hetero) is 2. The summed E-state index contributed by atoms with van der Waals surface area (Å²) in [6.45, 7) is 2.19. The van der Waals surface area contributed by atoms with E-state index in [1.165, 1.54) is 12.1 Å². The Morgan fingerprint density at radius 2 is 1.77 bits per heavy atom. The van der Waals surface area contributed by atoms with Gasteiger partial charge in [0, 0.05) is 47.4 Å².